The average molecular weight is 332 g/mol. The van der Waals surface area contributed by atoms with Crippen molar-refractivity contribution in [1.82, 2.24) is 4.31 Å². The van der Waals surface area contributed by atoms with Crippen molar-refractivity contribution in [2.75, 3.05) is 45.0 Å². The first kappa shape index (κ1) is 19.7. The number of hydrogen-bond donors (Lipinski definition) is 0. The lowest BCUT2D eigenvalue weighted by atomic mass is 10.1. The molecule has 4 nitrogen and oxygen atoms in total. The van der Waals surface area contributed by atoms with Gasteiger partial charge in [0.15, 0.2) is 0 Å². The summed E-state index contributed by atoms with van der Waals surface area (Å²) in [5.41, 5.74) is 0. The van der Waals surface area contributed by atoms with Gasteiger partial charge in [-0.1, -0.05) is 45.6 Å². The molecule has 0 N–H and O–H groups in total. The summed E-state index contributed by atoms with van der Waals surface area (Å²) < 4.78 is 27.6. The molecule has 1 heterocycles. The van der Waals surface area contributed by atoms with Gasteiger partial charge in [-0.15, -0.1) is 0 Å². The molecule has 0 aromatic heterocycles. The van der Waals surface area contributed by atoms with Crippen LogP contribution in [0.3, 0.4) is 0 Å². The van der Waals surface area contributed by atoms with E-state index >= 15 is 0 Å². The molecular formula is C17H35N2O2S+. The van der Waals surface area contributed by atoms with E-state index in [-0.39, 0.29) is 0 Å². The molecular weight excluding hydrogens is 296 g/mol. The molecule has 1 aliphatic rings. The summed E-state index contributed by atoms with van der Waals surface area (Å²) in [7, 11) is -3.05. The molecule has 0 unspecified atom stereocenters. The molecule has 0 bridgehead atoms. The summed E-state index contributed by atoms with van der Waals surface area (Å²) in [4.78, 5) is 0. The van der Waals surface area contributed by atoms with E-state index in [1.165, 1.54) is 25.7 Å². The first-order valence-electron chi connectivity index (χ1n) is 8.93. The fourth-order valence-electron chi connectivity index (χ4n) is 3.24. The van der Waals surface area contributed by atoms with Crippen molar-refractivity contribution in [2.24, 2.45) is 0 Å². The van der Waals surface area contributed by atoms with Crippen LogP contribution in [0.25, 0.3) is 0 Å². The predicted octanol–water partition coefficient (Wildman–Crippen LogP) is 3.02. The lowest BCUT2D eigenvalue weighted by Crippen LogP contribution is -2.60. The van der Waals surface area contributed by atoms with Gasteiger partial charge in [0.2, 0.25) is 10.0 Å². The van der Waals surface area contributed by atoms with Crippen molar-refractivity contribution in [1.29, 1.82) is 0 Å². The van der Waals surface area contributed by atoms with Crippen molar-refractivity contribution in [3.05, 3.63) is 12.7 Å². The highest BCUT2D eigenvalue weighted by Gasteiger charge is 2.34. The second-order valence-electron chi connectivity index (χ2n) is 6.56. The summed E-state index contributed by atoms with van der Waals surface area (Å²) in [6.07, 6.45) is 8.70. The number of sulfonamides is 1. The molecule has 0 aromatic carbocycles. The van der Waals surface area contributed by atoms with E-state index in [0.717, 1.165) is 43.5 Å². The first-order valence-corrected chi connectivity index (χ1v) is 10.5. The third kappa shape index (κ3) is 6.01. The predicted molar refractivity (Wildman–Crippen MR) is 94.3 cm³/mol. The zero-order chi connectivity index (χ0) is 16.5. The van der Waals surface area contributed by atoms with Crippen LogP contribution < -0.4 is 0 Å². The number of unbranched alkanes of at least 4 members (excludes halogenated alkanes) is 5. The molecule has 130 valence electrons. The van der Waals surface area contributed by atoms with E-state index in [1.807, 2.05) is 6.08 Å². The fourth-order valence-corrected chi connectivity index (χ4v) is 4.79. The highest BCUT2D eigenvalue weighted by Crippen LogP contribution is 2.17. The Labute approximate surface area is 137 Å². The third-order valence-electron chi connectivity index (χ3n) is 4.98. The minimum atomic E-state index is -3.05. The first-order chi connectivity index (χ1) is 10.5. The van der Waals surface area contributed by atoms with Crippen LogP contribution in [0.2, 0.25) is 0 Å². The summed E-state index contributed by atoms with van der Waals surface area (Å²) >= 11 is 0. The number of piperazine rings is 1. The number of nitrogens with zero attached hydrogens (tertiary/aromatic N) is 2. The van der Waals surface area contributed by atoms with Gasteiger partial charge in [0, 0.05) is 0 Å². The zero-order valence-electron chi connectivity index (χ0n) is 14.6. The van der Waals surface area contributed by atoms with E-state index in [9.17, 15) is 8.42 Å². The van der Waals surface area contributed by atoms with Crippen LogP contribution in [0.1, 0.15) is 52.4 Å². The lowest BCUT2D eigenvalue weighted by molar-refractivity contribution is -0.924. The van der Waals surface area contributed by atoms with Crippen LogP contribution in [0.4, 0.5) is 0 Å². The van der Waals surface area contributed by atoms with Crippen molar-refractivity contribution < 1.29 is 12.9 Å². The Morgan fingerprint density at radius 1 is 1.05 bits per heavy atom. The van der Waals surface area contributed by atoms with Gasteiger partial charge in [0.25, 0.3) is 0 Å². The van der Waals surface area contributed by atoms with Crippen LogP contribution in [0.15, 0.2) is 12.7 Å². The quantitative estimate of drug-likeness (QED) is 0.331. The summed E-state index contributed by atoms with van der Waals surface area (Å²) in [5.74, 6) is 0.326. The molecule has 0 aliphatic carbocycles. The van der Waals surface area contributed by atoms with E-state index in [2.05, 4.69) is 20.4 Å². The molecule has 0 atom stereocenters. The number of likely N-dealkylation sites (N-methyl/N-ethyl adjacent to an activating group) is 1. The third-order valence-corrected chi connectivity index (χ3v) is 6.94. The monoisotopic (exact) mass is 331 g/mol. The Balaban J connectivity index is 2.36. The van der Waals surface area contributed by atoms with E-state index in [0.29, 0.717) is 18.8 Å². The Morgan fingerprint density at radius 3 is 2.18 bits per heavy atom. The Kier molecular flexibility index (Phi) is 8.65. The Hall–Kier alpha value is -0.390. The van der Waals surface area contributed by atoms with Gasteiger partial charge in [-0.05, 0) is 19.4 Å². The number of hydrogen-bond acceptors (Lipinski definition) is 2. The van der Waals surface area contributed by atoms with Gasteiger partial charge >= 0.3 is 0 Å². The highest BCUT2D eigenvalue weighted by molar-refractivity contribution is 7.89. The van der Waals surface area contributed by atoms with Crippen molar-refractivity contribution in [2.45, 2.75) is 52.4 Å². The molecule has 1 rings (SSSR count). The van der Waals surface area contributed by atoms with E-state index < -0.39 is 10.0 Å². The van der Waals surface area contributed by atoms with Crippen molar-refractivity contribution in [3.8, 4) is 0 Å². The molecule has 0 aromatic rings. The van der Waals surface area contributed by atoms with Gasteiger partial charge in [-0.25, -0.2) is 8.42 Å². The summed E-state index contributed by atoms with van der Waals surface area (Å²) in [5, 5.41) is 0. The van der Waals surface area contributed by atoms with Gasteiger partial charge in [-0.3, -0.25) is 0 Å². The molecule has 0 radical (unpaired) electrons. The van der Waals surface area contributed by atoms with Gasteiger partial charge < -0.3 is 4.48 Å². The van der Waals surface area contributed by atoms with Crippen LogP contribution in [-0.2, 0) is 10.0 Å². The second-order valence-corrected chi connectivity index (χ2v) is 8.65. The zero-order valence-corrected chi connectivity index (χ0v) is 15.4. The molecule has 22 heavy (non-hydrogen) atoms. The highest BCUT2D eigenvalue weighted by atomic mass is 32.2. The molecule has 1 fully saturated rings. The van der Waals surface area contributed by atoms with Gasteiger partial charge in [-0.2, -0.15) is 4.31 Å². The number of quaternary nitrogens is 1. The average Bonchev–Trinajstić information content (AvgIpc) is 2.51. The summed E-state index contributed by atoms with van der Waals surface area (Å²) in [6, 6.07) is 0. The second kappa shape index (κ2) is 9.68. The minimum Gasteiger partial charge on any atom is -0.318 e. The fraction of sp³-hybridized carbons (Fsp3) is 0.882. The lowest BCUT2D eigenvalue weighted by Gasteiger charge is -2.43. The maximum atomic E-state index is 12.4. The standard InChI is InChI=1S/C17H35N2O2S/c1-4-7-8-9-10-11-17-22(20,21)18-12-15-19(6-3,14-5-2)16-13-18/h5H,2,4,6-17H2,1,3H3/q+1. The van der Waals surface area contributed by atoms with E-state index in [1.54, 1.807) is 4.31 Å². The number of rotatable bonds is 11. The van der Waals surface area contributed by atoms with E-state index in [4.69, 9.17) is 0 Å². The largest absolute Gasteiger partial charge is 0.318 e. The smallest absolute Gasteiger partial charge is 0.214 e. The maximum Gasteiger partial charge on any atom is 0.214 e. The van der Waals surface area contributed by atoms with Crippen LogP contribution in [0, 0.1) is 0 Å². The molecule has 1 saturated heterocycles. The van der Waals surface area contributed by atoms with Crippen LogP contribution >= 0.6 is 0 Å². The normalized spacial score (nSPS) is 19.2. The van der Waals surface area contributed by atoms with Crippen LogP contribution in [-0.4, -0.2) is 62.2 Å². The Bertz CT molecular complexity index is 412. The van der Waals surface area contributed by atoms with Crippen LogP contribution in [0.5, 0.6) is 0 Å². The maximum absolute atomic E-state index is 12.4. The topological polar surface area (TPSA) is 37.4 Å². The molecule has 0 amide bonds. The molecule has 1 aliphatic heterocycles. The van der Waals surface area contributed by atoms with Gasteiger partial charge in [0.1, 0.15) is 0 Å². The molecule has 0 spiro atoms. The minimum absolute atomic E-state index is 0.326. The van der Waals surface area contributed by atoms with Gasteiger partial charge in [0.05, 0.1) is 45.0 Å². The molecule has 0 saturated carbocycles. The SMILES string of the molecule is C=CC[N+]1(CC)CCN(S(=O)(=O)CCCCCCCC)CC1. The summed E-state index contributed by atoms with van der Waals surface area (Å²) in [6.45, 7) is 13.4. The Morgan fingerprint density at radius 2 is 1.64 bits per heavy atom. The van der Waals surface area contributed by atoms with Crippen molar-refractivity contribution >= 4 is 10.0 Å². The van der Waals surface area contributed by atoms with Crippen molar-refractivity contribution in [3.63, 3.8) is 0 Å². The molecule has 5 heteroatoms.